The topological polar surface area (TPSA) is 75.6 Å². The van der Waals surface area contributed by atoms with Gasteiger partial charge in [-0.25, -0.2) is 0 Å². The molecule has 5 nitrogen and oxygen atoms in total. The van der Waals surface area contributed by atoms with Gasteiger partial charge in [-0.1, -0.05) is 6.92 Å². The van der Waals surface area contributed by atoms with E-state index < -0.39 is 17.8 Å². The van der Waals surface area contributed by atoms with Crippen LogP contribution in [0, 0.1) is 5.92 Å². The number of carboxylic acid groups (broad SMARTS) is 1. The number of carbonyl (C=O) groups excluding carboxylic acids is 1. The Bertz CT molecular complexity index is 236. The van der Waals surface area contributed by atoms with Crippen molar-refractivity contribution in [1.29, 1.82) is 0 Å². The Kier molecular flexibility index (Phi) is 4.55. The zero-order chi connectivity index (χ0) is 11.3. The summed E-state index contributed by atoms with van der Waals surface area (Å²) in [6.45, 7) is 2.84. The number of carbonyl (C=O) groups is 2. The zero-order valence-electron chi connectivity index (χ0n) is 8.86. The summed E-state index contributed by atoms with van der Waals surface area (Å²) in [6.07, 6.45) is 2.31. The van der Waals surface area contributed by atoms with Crippen LogP contribution >= 0.6 is 0 Å². The molecule has 86 valence electrons. The van der Waals surface area contributed by atoms with Crippen molar-refractivity contribution in [3.63, 3.8) is 0 Å². The number of ether oxygens (including phenoxy) is 1. The van der Waals surface area contributed by atoms with Crippen molar-refractivity contribution in [2.45, 2.75) is 32.3 Å². The van der Waals surface area contributed by atoms with E-state index in [4.69, 9.17) is 9.84 Å². The molecule has 2 unspecified atom stereocenters. The van der Waals surface area contributed by atoms with E-state index in [0.717, 1.165) is 19.4 Å². The molecule has 1 aliphatic heterocycles. The second-order valence-electron chi connectivity index (χ2n) is 3.68. The van der Waals surface area contributed by atoms with Crippen LogP contribution in [0.3, 0.4) is 0 Å². The lowest BCUT2D eigenvalue weighted by Crippen LogP contribution is -2.38. The Hall–Kier alpha value is -1.10. The van der Waals surface area contributed by atoms with Gasteiger partial charge < -0.3 is 15.2 Å². The van der Waals surface area contributed by atoms with Gasteiger partial charge in [-0.05, 0) is 19.3 Å². The molecule has 1 aliphatic rings. The number of aliphatic carboxylic acids is 1. The van der Waals surface area contributed by atoms with Crippen LogP contribution in [0.15, 0.2) is 0 Å². The Labute approximate surface area is 88.8 Å². The van der Waals surface area contributed by atoms with Gasteiger partial charge in [0.05, 0.1) is 6.10 Å². The van der Waals surface area contributed by atoms with E-state index in [-0.39, 0.29) is 6.10 Å². The minimum absolute atomic E-state index is 0.0558. The van der Waals surface area contributed by atoms with Gasteiger partial charge in [0.2, 0.25) is 5.91 Å². The van der Waals surface area contributed by atoms with Gasteiger partial charge in [0.1, 0.15) is 5.92 Å². The first-order valence-electron chi connectivity index (χ1n) is 5.27. The molecule has 5 heteroatoms. The number of nitrogens with one attached hydrogen (secondary N) is 1. The number of amides is 1. The van der Waals surface area contributed by atoms with Crippen LogP contribution in [0.4, 0.5) is 0 Å². The Balaban J connectivity index is 2.30. The third-order valence-corrected chi connectivity index (χ3v) is 2.55. The summed E-state index contributed by atoms with van der Waals surface area (Å²) in [6, 6.07) is 0. The highest BCUT2D eigenvalue weighted by atomic mass is 16.5. The van der Waals surface area contributed by atoms with Gasteiger partial charge in [0.25, 0.3) is 0 Å². The van der Waals surface area contributed by atoms with Gasteiger partial charge >= 0.3 is 5.97 Å². The third kappa shape index (κ3) is 3.51. The first-order chi connectivity index (χ1) is 7.15. The third-order valence-electron chi connectivity index (χ3n) is 2.55. The van der Waals surface area contributed by atoms with Crippen molar-refractivity contribution in [2.75, 3.05) is 13.2 Å². The second-order valence-corrected chi connectivity index (χ2v) is 3.68. The highest BCUT2D eigenvalue weighted by Gasteiger charge is 2.25. The van der Waals surface area contributed by atoms with Crippen molar-refractivity contribution in [1.82, 2.24) is 5.32 Å². The molecule has 1 rings (SSSR count). The Morgan fingerprint density at radius 3 is 2.80 bits per heavy atom. The quantitative estimate of drug-likeness (QED) is 0.650. The second kappa shape index (κ2) is 5.70. The average Bonchev–Trinajstić information content (AvgIpc) is 2.67. The highest BCUT2D eigenvalue weighted by Crippen LogP contribution is 2.11. The number of hydrogen-bond acceptors (Lipinski definition) is 3. The maximum atomic E-state index is 11.4. The molecule has 15 heavy (non-hydrogen) atoms. The predicted octanol–water partition coefficient (Wildman–Crippen LogP) is 0.392. The normalized spacial score (nSPS) is 22.3. The number of carboxylic acids is 1. The fourth-order valence-electron chi connectivity index (χ4n) is 1.62. The molecule has 0 bridgehead atoms. The molecule has 1 fully saturated rings. The molecular formula is C10H17NO4. The molecule has 0 spiro atoms. The molecule has 0 aromatic heterocycles. The number of rotatable bonds is 5. The smallest absolute Gasteiger partial charge is 0.316 e. The first-order valence-corrected chi connectivity index (χ1v) is 5.27. The van der Waals surface area contributed by atoms with Crippen molar-refractivity contribution < 1.29 is 19.4 Å². The molecule has 0 aromatic carbocycles. The molecular weight excluding hydrogens is 198 g/mol. The standard InChI is InChI=1S/C10H17NO4/c1-2-8(10(13)14)9(12)11-6-7-4-3-5-15-7/h7-8H,2-6H2,1H3,(H,11,12)(H,13,14). The molecule has 1 heterocycles. The van der Waals surface area contributed by atoms with Gasteiger partial charge in [0.15, 0.2) is 0 Å². The van der Waals surface area contributed by atoms with Crippen LogP contribution in [0.2, 0.25) is 0 Å². The lowest BCUT2D eigenvalue weighted by molar-refractivity contribution is -0.147. The number of hydrogen-bond donors (Lipinski definition) is 2. The Morgan fingerprint density at radius 1 is 1.60 bits per heavy atom. The molecule has 2 atom stereocenters. The summed E-state index contributed by atoms with van der Waals surface area (Å²) in [5.74, 6) is -2.42. The molecule has 0 aromatic rings. The van der Waals surface area contributed by atoms with Gasteiger partial charge in [0, 0.05) is 13.2 Å². The zero-order valence-corrected chi connectivity index (χ0v) is 8.86. The molecule has 0 saturated carbocycles. The maximum Gasteiger partial charge on any atom is 0.316 e. The van der Waals surface area contributed by atoms with E-state index in [1.807, 2.05) is 0 Å². The molecule has 1 amide bonds. The molecule has 2 N–H and O–H groups in total. The van der Waals surface area contributed by atoms with E-state index in [0.29, 0.717) is 13.0 Å². The minimum atomic E-state index is -1.07. The minimum Gasteiger partial charge on any atom is -0.481 e. The van der Waals surface area contributed by atoms with Gasteiger partial charge in [-0.3, -0.25) is 9.59 Å². The van der Waals surface area contributed by atoms with Crippen molar-refractivity contribution >= 4 is 11.9 Å². The fourth-order valence-corrected chi connectivity index (χ4v) is 1.62. The SMILES string of the molecule is CCC(C(=O)O)C(=O)NCC1CCCO1. The average molecular weight is 215 g/mol. The van der Waals surface area contributed by atoms with Crippen LogP contribution in [0.5, 0.6) is 0 Å². The summed E-state index contributed by atoms with van der Waals surface area (Å²) < 4.78 is 5.32. The van der Waals surface area contributed by atoms with E-state index in [9.17, 15) is 9.59 Å². The van der Waals surface area contributed by atoms with Crippen LogP contribution in [0.25, 0.3) is 0 Å². The van der Waals surface area contributed by atoms with Crippen molar-refractivity contribution in [2.24, 2.45) is 5.92 Å². The summed E-state index contributed by atoms with van der Waals surface area (Å²) in [4.78, 5) is 22.1. The molecule has 0 aliphatic carbocycles. The van der Waals surface area contributed by atoms with E-state index in [1.54, 1.807) is 6.92 Å². The fraction of sp³-hybridized carbons (Fsp3) is 0.800. The highest BCUT2D eigenvalue weighted by molar-refractivity contribution is 5.96. The Morgan fingerprint density at radius 2 is 2.33 bits per heavy atom. The van der Waals surface area contributed by atoms with Crippen molar-refractivity contribution in [3.05, 3.63) is 0 Å². The molecule has 1 saturated heterocycles. The van der Waals surface area contributed by atoms with Gasteiger partial charge in [-0.2, -0.15) is 0 Å². The summed E-state index contributed by atoms with van der Waals surface area (Å²) in [5, 5.41) is 11.4. The van der Waals surface area contributed by atoms with Crippen LogP contribution in [-0.4, -0.2) is 36.2 Å². The summed E-state index contributed by atoms with van der Waals surface area (Å²) >= 11 is 0. The van der Waals surface area contributed by atoms with E-state index >= 15 is 0 Å². The summed E-state index contributed by atoms with van der Waals surface area (Å²) in [5.41, 5.74) is 0. The largest absolute Gasteiger partial charge is 0.481 e. The van der Waals surface area contributed by atoms with Gasteiger partial charge in [-0.15, -0.1) is 0 Å². The predicted molar refractivity (Wildman–Crippen MR) is 53.4 cm³/mol. The van der Waals surface area contributed by atoms with Crippen LogP contribution in [0.1, 0.15) is 26.2 Å². The molecule has 0 radical (unpaired) electrons. The first kappa shape index (κ1) is 12.0. The lowest BCUT2D eigenvalue weighted by Gasteiger charge is -2.13. The van der Waals surface area contributed by atoms with Crippen LogP contribution in [-0.2, 0) is 14.3 Å². The maximum absolute atomic E-state index is 11.4. The summed E-state index contributed by atoms with van der Waals surface area (Å²) in [7, 11) is 0. The van der Waals surface area contributed by atoms with Crippen LogP contribution < -0.4 is 5.32 Å². The van der Waals surface area contributed by atoms with Crippen molar-refractivity contribution in [3.8, 4) is 0 Å². The monoisotopic (exact) mass is 215 g/mol. The van der Waals surface area contributed by atoms with E-state index in [1.165, 1.54) is 0 Å². The lowest BCUT2D eigenvalue weighted by atomic mass is 10.1. The van der Waals surface area contributed by atoms with E-state index in [2.05, 4.69) is 5.32 Å².